The van der Waals surface area contributed by atoms with E-state index in [1.165, 1.54) is 24.0 Å². The van der Waals surface area contributed by atoms with Crippen LogP contribution in [0.3, 0.4) is 0 Å². The summed E-state index contributed by atoms with van der Waals surface area (Å²) in [7, 11) is 0. The van der Waals surface area contributed by atoms with Gasteiger partial charge in [0.2, 0.25) is 5.91 Å². The van der Waals surface area contributed by atoms with Crippen molar-refractivity contribution in [2.24, 2.45) is 0 Å². The Morgan fingerprint density at radius 3 is 2.48 bits per heavy atom. The maximum Gasteiger partial charge on any atom is 0.251 e. The maximum atomic E-state index is 12.1. The van der Waals surface area contributed by atoms with Gasteiger partial charge in [-0.05, 0) is 61.4 Å². The minimum atomic E-state index is -0.239. The number of rotatable bonds is 5. The second kappa shape index (κ2) is 7.97. The summed E-state index contributed by atoms with van der Waals surface area (Å²) < 4.78 is 0. The monoisotopic (exact) mass is 336 g/mol. The molecule has 2 amide bonds. The molecule has 1 atom stereocenters. The van der Waals surface area contributed by atoms with E-state index < -0.39 is 0 Å². The fourth-order valence-corrected chi connectivity index (χ4v) is 3.25. The minimum Gasteiger partial charge on any atom is -0.348 e. The van der Waals surface area contributed by atoms with Crippen molar-refractivity contribution >= 4 is 11.8 Å². The quantitative estimate of drug-likeness (QED) is 0.881. The number of hydrogen-bond donors (Lipinski definition) is 2. The number of hydrogen-bond acceptors (Lipinski definition) is 2. The molecular weight excluding hydrogens is 312 g/mol. The molecule has 0 aliphatic heterocycles. The molecule has 0 saturated carbocycles. The van der Waals surface area contributed by atoms with Crippen LogP contribution in [0.4, 0.5) is 0 Å². The Balaban J connectivity index is 1.53. The molecule has 3 rings (SSSR count). The number of aryl methyl sites for hydroxylation is 2. The Morgan fingerprint density at radius 1 is 1.00 bits per heavy atom. The lowest BCUT2D eigenvalue weighted by molar-refractivity contribution is -0.120. The fraction of sp³-hybridized carbons (Fsp3) is 0.333. The van der Waals surface area contributed by atoms with E-state index in [9.17, 15) is 9.59 Å². The zero-order valence-electron chi connectivity index (χ0n) is 14.5. The van der Waals surface area contributed by atoms with E-state index in [2.05, 4.69) is 28.8 Å². The standard InChI is InChI=1S/C21H24N2O2/c1-15(18-12-11-16-7-5-6-10-19(16)13-18)23-20(24)14-22-21(25)17-8-3-2-4-9-17/h2-4,8-9,11-13,15H,5-7,10,14H2,1H3,(H,22,25)(H,23,24)/t15-/m0/s1. The van der Waals surface area contributed by atoms with E-state index in [0.29, 0.717) is 5.56 Å². The second-order valence-corrected chi connectivity index (χ2v) is 6.57. The van der Waals surface area contributed by atoms with Gasteiger partial charge in [0.1, 0.15) is 0 Å². The van der Waals surface area contributed by atoms with Crippen LogP contribution in [0.2, 0.25) is 0 Å². The largest absolute Gasteiger partial charge is 0.348 e. The smallest absolute Gasteiger partial charge is 0.251 e. The molecule has 130 valence electrons. The van der Waals surface area contributed by atoms with Crippen molar-refractivity contribution in [2.75, 3.05) is 6.54 Å². The summed E-state index contributed by atoms with van der Waals surface area (Å²) in [5.74, 6) is -0.424. The van der Waals surface area contributed by atoms with Crippen LogP contribution >= 0.6 is 0 Å². The molecule has 0 fully saturated rings. The molecule has 1 aliphatic rings. The van der Waals surface area contributed by atoms with Crippen molar-refractivity contribution in [1.82, 2.24) is 10.6 Å². The molecule has 0 saturated heterocycles. The normalized spacial score (nSPS) is 14.3. The van der Waals surface area contributed by atoms with Crippen molar-refractivity contribution in [3.05, 3.63) is 70.8 Å². The van der Waals surface area contributed by atoms with Crippen LogP contribution < -0.4 is 10.6 Å². The number of fused-ring (bicyclic) bond motifs is 1. The van der Waals surface area contributed by atoms with Crippen LogP contribution in [0.5, 0.6) is 0 Å². The topological polar surface area (TPSA) is 58.2 Å². The van der Waals surface area contributed by atoms with Gasteiger partial charge in [0.15, 0.2) is 0 Å². The molecule has 0 spiro atoms. The Kier molecular flexibility index (Phi) is 5.49. The van der Waals surface area contributed by atoms with Gasteiger partial charge in [0.05, 0.1) is 12.6 Å². The third kappa shape index (κ3) is 4.47. The van der Waals surface area contributed by atoms with Gasteiger partial charge in [-0.2, -0.15) is 0 Å². The molecule has 4 nitrogen and oxygen atoms in total. The van der Waals surface area contributed by atoms with Gasteiger partial charge in [-0.1, -0.05) is 36.4 Å². The molecule has 0 bridgehead atoms. The van der Waals surface area contributed by atoms with Crippen molar-refractivity contribution in [3.63, 3.8) is 0 Å². The van der Waals surface area contributed by atoms with E-state index >= 15 is 0 Å². The van der Waals surface area contributed by atoms with Crippen LogP contribution in [-0.4, -0.2) is 18.4 Å². The lowest BCUT2D eigenvalue weighted by atomic mass is 9.89. The molecular formula is C21H24N2O2. The lowest BCUT2D eigenvalue weighted by Gasteiger charge is -2.20. The van der Waals surface area contributed by atoms with Gasteiger partial charge < -0.3 is 10.6 Å². The van der Waals surface area contributed by atoms with Crippen LogP contribution in [0, 0.1) is 0 Å². The minimum absolute atomic E-state index is 0.0248. The predicted octanol–water partition coefficient (Wildman–Crippen LogP) is 3.17. The fourth-order valence-electron chi connectivity index (χ4n) is 3.25. The first-order valence-corrected chi connectivity index (χ1v) is 8.88. The third-order valence-electron chi connectivity index (χ3n) is 4.70. The molecule has 2 N–H and O–H groups in total. The molecule has 2 aromatic rings. The number of carbonyl (C=O) groups is 2. The zero-order valence-corrected chi connectivity index (χ0v) is 14.5. The Hall–Kier alpha value is -2.62. The van der Waals surface area contributed by atoms with Gasteiger partial charge in [-0.3, -0.25) is 9.59 Å². The summed E-state index contributed by atoms with van der Waals surface area (Å²) in [5, 5.41) is 5.61. The first-order chi connectivity index (χ1) is 12.1. The Morgan fingerprint density at radius 2 is 1.72 bits per heavy atom. The van der Waals surface area contributed by atoms with Crippen LogP contribution in [0.15, 0.2) is 48.5 Å². The van der Waals surface area contributed by atoms with E-state index in [-0.39, 0.29) is 24.4 Å². The number of carbonyl (C=O) groups excluding carboxylic acids is 2. The highest BCUT2D eigenvalue weighted by molar-refractivity contribution is 5.96. The summed E-state index contributed by atoms with van der Waals surface area (Å²) in [5.41, 5.74) is 4.51. The number of amides is 2. The van der Waals surface area contributed by atoms with Crippen LogP contribution in [0.25, 0.3) is 0 Å². The van der Waals surface area contributed by atoms with Gasteiger partial charge in [-0.15, -0.1) is 0 Å². The van der Waals surface area contributed by atoms with Crippen molar-refractivity contribution < 1.29 is 9.59 Å². The van der Waals surface area contributed by atoms with Crippen LogP contribution in [0.1, 0.15) is 52.9 Å². The van der Waals surface area contributed by atoms with E-state index in [4.69, 9.17) is 0 Å². The second-order valence-electron chi connectivity index (χ2n) is 6.57. The molecule has 0 radical (unpaired) electrons. The summed E-state index contributed by atoms with van der Waals surface area (Å²) in [6, 6.07) is 15.3. The number of benzene rings is 2. The van der Waals surface area contributed by atoms with Crippen molar-refractivity contribution in [3.8, 4) is 0 Å². The van der Waals surface area contributed by atoms with E-state index in [0.717, 1.165) is 18.4 Å². The van der Waals surface area contributed by atoms with Gasteiger partial charge in [-0.25, -0.2) is 0 Å². The third-order valence-corrected chi connectivity index (χ3v) is 4.70. The average Bonchev–Trinajstić information content (AvgIpc) is 2.66. The maximum absolute atomic E-state index is 12.1. The Bertz CT molecular complexity index is 756. The van der Waals surface area contributed by atoms with Crippen molar-refractivity contribution in [2.45, 2.75) is 38.6 Å². The predicted molar refractivity (Wildman–Crippen MR) is 98.4 cm³/mol. The molecule has 2 aromatic carbocycles. The molecule has 1 aliphatic carbocycles. The first-order valence-electron chi connectivity index (χ1n) is 8.88. The molecule has 0 heterocycles. The molecule has 25 heavy (non-hydrogen) atoms. The highest BCUT2D eigenvalue weighted by atomic mass is 16.2. The average molecular weight is 336 g/mol. The van der Waals surface area contributed by atoms with E-state index in [1.54, 1.807) is 24.3 Å². The zero-order chi connectivity index (χ0) is 17.6. The van der Waals surface area contributed by atoms with Gasteiger partial charge in [0, 0.05) is 5.56 Å². The summed E-state index contributed by atoms with van der Waals surface area (Å²) in [6.45, 7) is 1.95. The number of nitrogens with one attached hydrogen (secondary N) is 2. The molecule has 4 heteroatoms. The van der Waals surface area contributed by atoms with Gasteiger partial charge in [0.25, 0.3) is 5.91 Å². The summed E-state index contributed by atoms with van der Waals surface area (Å²) in [6.07, 6.45) is 4.78. The lowest BCUT2D eigenvalue weighted by Crippen LogP contribution is -2.38. The summed E-state index contributed by atoms with van der Waals surface area (Å²) in [4.78, 5) is 24.1. The molecule has 0 unspecified atom stereocenters. The first kappa shape index (κ1) is 17.2. The van der Waals surface area contributed by atoms with E-state index in [1.807, 2.05) is 13.0 Å². The van der Waals surface area contributed by atoms with Gasteiger partial charge >= 0.3 is 0 Å². The highest BCUT2D eigenvalue weighted by Gasteiger charge is 2.14. The Labute approximate surface area is 148 Å². The highest BCUT2D eigenvalue weighted by Crippen LogP contribution is 2.24. The summed E-state index contributed by atoms with van der Waals surface area (Å²) >= 11 is 0. The van der Waals surface area contributed by atoms with Crippen LogP contribution in [-0.2, 0) is 17.6 Å². The SMILES string of the molecule is C[C@H](NC(=O)CNC(=O)c1ccccc1)c1ccc2c(c1)CCCC2. The molecule has 0 aromatic heterocycles. The van der Waals surface area contributed by atoms with Crippen molar-refractivity contribution in [1.29, 1.82) is 0 Å².